The van der Waals surface area contributed by atoms with Gasteiger partial charge in [-0.3, -0.25) is 10.1 Å². The van der Waals surface area contributed by atoms with Crippen LogP contribution < -0.4 is 10.6 Å². The maximum Gasteiger partial charge on any atom is 0.238 e. The predicted molar refractivity (Wildman–Crippen MR) is 81.4 cm³/mol. The highest BCUT2D eigenvalue weighted by Gasteiger charge is 2.22. The lowest BCUT2D eigenvalue weighted by molar-refractivity contribution is -0.122. The zero-order chi connectivity index (χ0) is 13.5. The monoisotopic (exact) mass is 285 g/mol. The molecule has 1 heterocycles. The number of nitrogens with one attached hydrogen (secondary N) is 2. The van der Waals surface area contributed by atoms with Gasteiger partial charge in [0, 0.05) is 24.2 Å². The normalized spacial score (nSPS) is 24.8. The van der Waals surface area contributed by atoms with Crippen LogP contribution in [0, 0.1) is 0 Å². The van der Waals surface area contributed by atoms with Gasteiger partial charge in [0.25, 0.3) is 0 Å². The first kappa shape index (κ1) is 15.1. The molecule has 2 aliphatic rings. The van der Waals surface area contributed by atoms with Crippen molar-refractivity contribution in [1.29, 1.82) is 0 Å². The molecule has 5 heteroatoms. The van der Waals surface area contributed by atoms with Crippen molar-refractivity contribution in [2.45, 2.75) is 50.6 Å². The Morgan fingerprint density at radius 1 is 1.37 bits per heavy atom. The Kier molecular flexibility index (Phi) is 6.47. The molecule has 2 rings (SSSR count). The number of hydrogen-bond donors (Lipinski definition) is 2. The first-order chi connectivity index (χ1) is 9.27. The third kappa shape index (κ3) is 4.97. The molecule has 2 N–H and O–H groups in total. The number of rotatable bonds is 6. The van der Waals surface area contributed by atoms with Gasteiger partial charge in [0.15, 0.2) is 0 Å². The fourth-order valence-electron chi connectivity index (χ4n) is 2.93. The van der Waals surface area contributed by atoms with Gasteiger partial charge >= 0.3 is 0 Å². The van der Waals surface area contributed by atoms with Crippen LogP contribution in [0.15, 0.2) is 0 Å². The van der Waals surface area contributed by atoms with Crippen LogP contribution in [0.3, 0.4) is 0 Å². The van der Waals surface area contributed by atoms with Gasteiger partial charge in [0.05, 0.1) is 6.04 Å². The Morgan fingerprint density at radius 2 is 2.16 bits per heavy atom. The number of amides is 1. The summed E-state index contributed by atoms with van der Waals surface area (Å²) in [5, 5.41) is 6.24. The number of hydrogen-bond acceptors (Lipinski definition) is 4. The molecule has 0 spiro atoms. The number of nitrogens with zero attached hydrogens (tertiary/aromatic N) is 1. The lowest BCUT2D eigenvalue weighted by Crippen LogP contribution is -2.43. The van der Waals surface area contributed by atoms with Gasteiger partial charge in [0.1, 0.15) is 0 Å². The van der Waals surface area contributed by atoms with Crippen LogP contribution in [-0.4, -0.2) is 54.7 Å². The number of carbonyl (C=O) groups excluding carboxylic acids is 1. The van der Waals surface area contributed by atoms with Crippen LogP contribution >= 0.6 is 11.8 Å². The van der Waals surface area contributed by atoms with E-state index in [1.807, 2.05) is 0 Å². The quantitative estimate of drug-likeness (QED) is 0.725. The molecule has 110 valence electrons. The Balaban J connectivity index is 1.54. The maximum atomic E-state index is 11.8. The average molecular weight is 285 g/mol. The van der Waals surface area contributed by atoms with E-state index in [4.69, 9.17) is 0 Å². The van der Waals surface area contributed by atoms with E-state index in [-0.39, 0.29) is 11.9 Å². The van der Waals surface area contributed by atoms with Gasteiger partial charge in [-0.2, -0.15) is 0 Å². The summed E-state index contributed by atoms with van der Waals surface area (Å²) in [7, 11) is 2.23. The van der Waals surface area contributed by atoms with Crippen molar-refractivity contribution >= 4 is 17.7 Å². The zero-order valence-electron chi connectivity index (χ0n) is 12.0. The van der Waals surface area contributed by atoms with E-state index in [9.17, 15) is 4.79 Å². The molecule has 1 unspecified atom stereocenters. The van der Waals surface area contributed by atoms with Gasteiger partial charge in [0.2, 0.25) is 5.91 Å². The third-order valence-electron chi connectivity index (χ3n) is 4.22. The van der Waals surface area contributed by atoms with Crippen LogP contribution in [0.4, 0.5) is 0 Å². The van der Waals surface area contributed by atoms with Crippen molar-refractivity contribution in [1.82, 2.24) is 15.5 Å². The highest BCUT2D eigenvalue weighted by atomic mass is 32.2. The summed E-state index contributed by atoms with van der Waals surface area (Å²) < 4.78 is 0. The summed E-state index contributed by atoms with van der Waals surface area (Å²) >= 11 is 1.79. The Morgan fingerprint density at radius 3 is 2.84 bits per heavy atom. The van der Waals surface area contributed by atoms with E-state index in [0.717, 1.165) is 37.2 Å². The molecule has 1 aliphatic heterocycles. The molecule has 1 saturated carbocycles. The minimum atomic E-state index is 0.0288. The second kappa shape index (κ2) is 8.12. The van der Waals surface area contributed by atoms with E-state index in [0.29, 0.717) is 0 Å². The average Bonchev–Trinajstić information content (AvgIpc) is 2.98. The first-order valence-electron chi connectivity index (χ1n) is 7.56. The Hall–Kier alpha value is -0.260. The summed E-state index contributed by atoms with van der Waals surface area (Å²) in [6.07, 6.45) is 7.94. The van der Waals surface area contributed by atoms with Crippen molar-refractivity contribution in [2.75, 3.05) is 31.8 Å². The summed E-state index contributed by atoms with van der Waals surface area (Å²) in [5.41, 5.74) is 0. The minimum Gasteiger partial charge on any atom is -0.355 e. The molecule has 0 aromatic carbocycles. The minimum absolute atomic E-state index is 0.0288. The lowest BCUT2D eigenvalue weighted by atomic mass is 9.94. The molecule has 1 aliphatic carbocycles. The van der Waals surface area contributed by atoms with Crippen LogP contribution in [0.25, 0.3) is 0 Å². The molecular formula is C14H27N3OS. The summed E-state index contributed by atoms with van der Waals surface area (Å²) in [5.74, 6) is 1.99. The maximum absolute atomic E-state index is 11.8. The Bertz CT molecular complexity index is 276. The van der Waals surface area contributed by atoms with Gasteiger partial charge in [-0.15, -0.1) is 11.8 Å². The first-order valence-corrected chi connectivity index (χ1v) is 8.72. The van der Waals surface area contributed by atoms with Gasteiger partial charge in [-0.1, -0.05) is 19.3 Å². The van der Waals surface area contributed by atoms with Crippen LogP contribution in [0.5, 0.6) is 0 Å². The van der Waals surface area contributed by atoms with Crippen molar-refractivity contribution in [2.24, 2.45) is 0 Å². The predicted octanol–water partition coefficient (Wildman–Crippen LogP) is 1.42. The van der Waals surface area contributed by atoms with E-state index >= 15 is 0 Å². The number of thioether (sulfide) groups is 1. The third-order valence-corrected chi connectivity index (χ3v) is 5.16. The summed E-state index contributed by atoms with van der Waals surface area (Å²) in [6, 6.07) is 0.804. The molecule has 2 fully saturated rings. The van der Waals surface area contributed by atoms with Crippen molar-refractivity contribution in [3.05, 3.63) is 0 Å². The largest absolute Gasteiger partial charge is 0.355 e. The molecule has 0 bridgehead atoms. The van der Waals surface area contributed by atoms with Crippen molar-refractivity contribution in [3.63, 3.8) is 0 Å². The van der Waals surface area contributed by atoms with E-state index in [2.05, 4.69) is 22.6 Å². The second-order valence-electron chi connectivity index (χ2n) is 5.69. The highest BCUT2D eigenvalue weighted by molar-refractivity contribution is 7.99. The van der Waals surface area contributed by atoms with Crippen molar-refractivity contribution in [3.8, 4) is 0 Å². The molecule has 4 nitrogen and oxygen atoms in total. The molecular weight excluding hydrogens is 258 g/mol. The SMILES string of the molecule is CN(CCCNC(=O)C1CSCN1)C1CCCCC1. The molecule has 1 atom stereocenters. The molecule has 1 amide bonds. The van der Waals surface area contributed by atoms with Crippen molar-refractivity contribution < 1.29 is 4.79 Å². The number of carbonyl (C=O) groups is 1. The van der Waals surface area contributed by atoms with Gasteiger partial charge in [-0.05, 0) is 32.9 Å². The fourth-order valence-corrected chi connectivity index (χ4v) is 3.87. The smallest absolute Gasteiger partial charge is 0.238 e. The van der Waals surface area contributed by atoms with E-state index in [1.165, 1.54) is 32.1 Å². The van der Waals surface area contributed by atoms with Crippen LogP contribution in [-0.2, 0) is 4.79 Å². The highest BCUT2D eigenvalue weighted by Crippen LogP contribution is 2.21. The Labute approximate surface area is 121 Å². The molecule has 0 aromatic heterocycles. The zero-order valence-corrected chi connectivity index (χ0v) is 12.8. The molecule has 1 saturated heterocycles. The van der Waals surface area contributed by atoms with E-state index in [1.54, 1.807) is 11.8 Å². The molecule has 19 heavy (non-hydrogen) atoms. The van der Waals surface area contributed by atoms with E-state index < -0.39 is 0 Å². The molecule has 0 aromatic rings. The summed E-state index contributed by atoms with van der Waals surface area (Å²) in [4.78, 5) is 14.3. The lowest BCUT2D eigenvalue weighted by Gasteiger charge is -2.31. The van der Waals surface area contributed by atoms with Gasteiger partial charge < -0.3 is 10.2 Å². The van der Waals surface area contributed by atoms with Crippen LogP contribution in [0.1, 0.15) is 38.5 Å². The van der Waals surface area contributed by atoms with Crippen LogP contribution in [0.2, 0.25) is 0 Å². The fraction of sp³-hybridized carbons (Fsp3) is 0.929. The second-order valence-corrected chi connectivity index (χ2v) is 6.72. The summed E-state index contributed by atoms with van der Waals surface area (Å²) in [6.45, 7) is 1.90. The standard InChI is InChI=1S/C14H27N3OS/c1-17(12-6-3-2-4-7-12)9-5-8-15-14(18)13-10-19-11-16-13/h12-13,16H,2-11H2,1H3,(H,15,18). The topological polar surface area (TPSA) is 44.4 Å². The van der Waals surface area contributed by atoms with Gasteiger partial charge in [-0.25, -0.2) is 0 Å². The molecule has 0 radical (unpaired) electrons.